The second-order valence-corrected chi connectivity index (χ2v) is 4.48. The molecule has 0 aromatic rings. The first-order chi connectivity index (χ1) is 4.95. The number of nitrogens with one attached hydrogen (secondary N) is 1. The van der Waals surface area contributed by atoms with E-state index in [9.17, 15) is 9.00 Å². The fourth-order valence-corrected chi connectivity index (χ4v) is 1.01. The van der Waals surface area contributed by atoms with Crippen molar-refractivity contribution < 1.29 is 41.7 Å². The van der Waals surface area contributed by atoms with Crippen molar-refractivity contribution in [2.75, 3.05) is 5.75 Å². The van der Waals surface area contributed by atoms with Crippen molar-refractivity contribution >= 4 is 17.3 Å². The third-order valence-corrected chi connectivity index (χ3v) is 1.57. The molecular formula is C7H13NO2SY-2. The van der Waals surface area contributed by atoms with Gasteiger partial charge in [0.25, 0.3) is 0 Å². The second-order valence-electron chi connectivity index (χ2n) is 3.26. The molecule has 5 heteroatoms. The Morgan fingerprint density at radius 1 is 1.50 bits per heavy atom. The average Bonchev–Trinajstić information content (AvgIpc) is 1.83. The molecule has 69 valence electrons. The van der Waals surface area contributed by atoms with Crippen LogP contribution in [-0.2, 0) is 48.5 Å². The van der Waals surface area contributed by atoms with Crippen LogP contribution >= 0.6 is 0 Å². The van der Waals surface area contributed by atoms with Crippen LogP contribution in [0, 0.1) is 12.0 Å². The largest absolute Gasteiger partial charge is 0.541 e. The van der Waals surface area contributed by atoms with Gasteiger partial charge in [-0.2, -0.15) is 5.41 Å². The molecule has 0 aliphatic carbocycles. The van der Waals surface area contributed by atoms with Crippen LogP contribution in [0.4, 0.5) is 0 Å². The molecule has 0 bridgehead atoms. The Bertz CT molecular complexity index is 156. The van der Waals surface area contributed by atoms with Crippen LogP contribution in [0.2, 0.25) is 0 Å². The van der Waals surface area contributed by atoms with E-state index in [2.05, 4.69) is 4.72 Å². The molecule has 1 unspecified atom stereocenters. The minimum Gasteiger partial charge on any atom is -0.541 e. The van der Waals surface area contributed by atoms with E-state index in [1.807, 2.05) is 20.8 Å². The van der Waals surface area contributed by atoms with E-state index >= 15 is 0 Å². The van der Waals surface area contributed by atoms with E-state index in [1.54, 1.807) is 12.8 Å². The molecule has 0 saturated heterocycles. The van der Waals surface area contributed by atoms with Gasteiger partial charge in [-0.1, -0.05) is 26.5 Å². The molecular weight excluding hydrogens is 251 g/mol. The molecule has 0 aromatic heterocycles. The number of rotatable bonds is 4. The summed E-state index contributed by atoms with van der Waals surface area (Å²) in [6.07, 6.45) is 1.57. The van der Waals surface area contributed by atoms with Crippen LogP contribution in [0.1, 0.15) is 20.8 Å². The van der Waals surface area contributed by atoms with E-state index in [0.717, 1.165) is 0 Å². The van der Waals surface area contributed by atoms with E-state index in [-0.39, 0.29) is 43.9 Å². The predicted octanol–water partition coefficient (Wildman–Crippen LogP) is 0.555. The molecule has 0 aromatic carbocycles. The predicted molar refractivity (Wildman–Crippen MR) is 45.6 cm³/mol. The average molecular weight is 264 g/mol. The van der Waals surface area contributed by atoms with Gasteiger partial charge in [-0.15, -0.1) is 0 Å². The van der Waals surface area contributed by atoms with Crippen LogP contribution in [0.15, 0.2) is 0 Å². The summed E-state index contributed by atoms with van der Waals surface area (Å²) in [7, 11) is -1.30. The first-order valence-corrected chi connectivity index (χ1v) is 4.61. The molecule has 0 rings (SSSR count). The second kappa shape index (κ2) is 7.30. The normalized spacial score (nSPS) is 13.2. The molecule has 0 aliphatic heterocycles. The SMILES string of the molecule is CC(C)(C)[CH-]NS(=O)C[C-]=O.[Y]. The first-order valence-electron chi connectivity index (χ1n) is 3.29. The van der Waals surface area contributed by atoms with Crippen molar-refractivity contribution in [3.8, 4) is 0 Å². The van der Waals surface area contributed by atoms with Gasteiger partial charge in [-0.3, -0.25) is 6.29 Å². The summed E-state index contributed by atoms with van der Waals surface area (Å²) in [5.41, 5.74) is -0.0292. The van der Waals surface area contributed by atoms with Crippen molar-refractivity contribution in [1.29, 1.82) is 0 Å². The van der Waals surface area contributed by atoms with E-state index < -0.39 is 11.0 Å². The molecule has 1 atom stereocenters. The Hall–Kier alpha value is 0.884. The molecule has 0 spiro atoms. The molecule has 1 radical (unpaired) electrons. The molecule has 12 heavy (non-hydrogen) atoms. The van der Waals surface area contributed by atoms with Gasteiger partial charge in [0.05, 0.1) is 0 Å². The zero-order valence-electron chi connectivity index (χ0n) is 7.59. The zero-order chi connectivity index (χ0) is 8.91. The van der Waals surface area contributed by atoms with Gasteiger partial charge in [-0.25, -0.2) is 10.8 Å². The Kier molecular flexibility index (Phi) is 9.35. The topological polar surface area (TPSA) is 46.2 Å². The minimum absolute atomic E-state index is 0. The fraction of sp³-hybridized carbons (Fsp3) is 0.714. The maximum Gasteiger partial charge on any atom is 0.0348 e. The molecule has 0 heterocycles. The molecule has 3 nitrogen and oxygen atoms in total. The minimum atomic E-state index is -1.30. The number of hydrogen-bond donors (Lipinski definition) is 1. The first kappa shape index (κ1) is 15.4. The maximum atomic E-state index is 10.8. The van der Waals surface area contributed by atoms with Gasteiger partial charge in [0, 0.05) is 43.7 Å². The summed E-state index contributed by atoms with van der Waals surface area (Å²) < 4.78 is 13.4. The standard InChI is InChI=1S/C7H13NO2S.Y/c1-7(2,3)6-8-11(10)5-4-9;/h6,8H,5H2,1-3H3;/q-2;. The van der Waals surface area contributed by atoms with Crippen molar-refractivity contribution in [2.45, 2.75) is 20.8 Å². The maximum absolute atomic E-state index is 10.8. The van der Waals surface area contributed by atoms with Crippen LogP contribution in [0.3, 0.4) is 0 Å². The number of hydrogen-bond acceptors (Lipinski definition) is 2. The van der Waals surface area contributed by atoms with E-state index in [4.69, 9.17) is 0 Å². The van der Waals surface area contributed by atoms with Gasteiger partial charge in [0.15, 0.2) is 0 Å². The van der Waals surface area contributed by atoms with Gasteiger partial charge >= 0.3 is 0 Å². The van der Waals surface area contributed by atoms with Gasteiger partial charge in [0.1, 0.15) is 0 Å². The Morgan fingerprint density at radius 2 is 2.00 bits per heavy atom. The van der Waals surface area contributed by atoms with Crippen molar-refractivity contribution in [1.82, 2.24) is 4.72 Å². The van der Waals surface area contributed by atoms with Crippen molar-refractivity contribution in [3.05, 3.63) is 6.54 Å². The summed E-state index contributed by atoms with van der Waals surface area (Å²) in [4.78, 5) is 9.77. The van der Waals surface area contributed by atoms with Crippen LogP contribution in [-0.4, -0.2) is 16.2 Å². The molecule has 0 saturated carbocycles. The summed E-state index contributed by atoms with van der Waals surface area (Å²) in [5, 5.41) is 0. The van der Waals surface area contributed by atoms with Gasteiger partial charge in [0.2, 0.25) is 0 Å². The summed E-state index contributed by atoms with van der Waals surface area (Å²) >= 11 is 0. The van der Waals surface area contributed by atoms with Crippen LogP contribution in [0.25, 0.3) is 0 Å². The Balaban J connectivity index is 0. The van der Waals surface area contributed by atoms with E-state index in [0.29, 0.717) is 0 Å². The Morgan fingerprint density at radius 3 is 2.33 bits per heavy atom. The molecule has 0 aliphatic rings. The van der Waals surface area contributed by atoms with Crippen molar-refractivity contribution in [3.63, 3.8) is 0 Å². The van der Waals surface area contributed by atoms with Crippen molar-refractivity contribution in [2.24, 2.45) is 5.41 Å². The van der Waals surface area contributed by atoms with Crippen LogP contribution < -0.4 is 4.72 Å². The number of carbonyl (C=O) groups excluding carboxylic acids is 1. The summed E-state index contributed by atoms with van der Waals surface area (Å²) in [5.74, 6) is -0.0768. The van der Waals surface area contributed by atoms with E-state index in [1.165, 1.54) is 0 Å². The van der Waals surface area contributed by atoms with Crippen LogP contribution in [0.5, 0.6) is 0 Å². The Labute approximate surface area is 102 Å². The third kappa shape index (κ3) is 10.9. The smallest absolute Gasteiger partial charge is 0.0348 e. The van der Waals surface area contributed by atoms with Gasteiger partial charge < -0.3 is 9.52 Å². The monoisotopic (exact) mass is 264 g/mol. The molecule has 0 fully saturated rings. The summed E-state index contributed by atoms with van der Waals surface area (Å²) in [6.45, 7) is 7.63. The van der Waals surface area contributed by atoms with Gasteiger partial charge in [-0.05, 0) is 0 Å². The zero-order valence-corrected chi connectivity index (χ0v) is 11.2. The molecule has 1 N–H and O–H groups in total. The quantitative estimate of drug-likeness (QED) is 0.754. The fourth-order valence-electron chi connectivity index (χ4n) is 0.338. The third-order valence-electron chi connectivity index (χ3n) is 0.813. The molecule has 0 amide bonds. The summed E-state index contributed by atoms with van der Waals surface area (Å²) in [6, 6.07) is 0.